The van der Waals surface area contributed by atoms with Crippen molar-refractivity contribution in [3.63, 3.8) is 0 Å². The van der Waals surface area contributed by atoms with Crippen LogP contribution in [0.1, 0.15) is 29.5 Å². The van der Waals surface area contributed by atoms with Gasteiger partial charge in [-0.25, -0.2) is 4.79 Å². The summed E-state index contributed by atoms with van der Waals surface area (Å²) in [7, 11) is 0. The van der Waals surface area contributed by atoms with Crippen LogP contribution in [0.3, 0.4) is 0 Å². The van der Waals surface area contributed by atoms with Crippen molar-refractivity contribution in [2.45, 2.75) is 56.3 Å². The van der Waals surface area contributed by atoms with Gasteiger partial charge in [0.2, 0.25) is 17.7 Å². The lowest BCUT2D eigenvalue weighted by Gasteiger charge is -2.28. The first-order chi connectivity index (χ1) is 24.3. The van der Waals surface area contributed by atoms with E-state index in [0.717, 1.165) is 49.4 Å². The monoisotopic (exact) mass is 673 g/mol. The van der Waals surface area contributed by atoms with Gasteiger partial charge in [0.15, 0.2) is 0 Å². The number of hydrogen-bond donors (Lipinski definition) is 7. The fraction of sp³-hybridized carbons (Fsp3) is 0.263. The molecule has 1 fully saturated rings. The van der Waals surface area contributed by atoms with Crippen LogP contribution in [-0.4, -0.2) is 79.4 Å². The predicted molar refractivity (Wildman–Crippen MR) is 190 cm³/mol. The lowest BCUT2D eigenvalue weighted by Crippen LogP contribution is -2.57. The Hall–Kier alpha value is -5.88. The summed E-state index contributed by atoms with van der Waals surface area (Å²) in [4.78, 5) is 65.1. The number of carboxylic acid groups (broad SMARTS) is 1. The van der Waals surface area contributed by atoms with Gasteiger partial charge in [0.05, 0.1) is 6.04 Å². The quantitative estimate of drug-likeness (QED) is 0.104. The fourth-order valence-electron chi connectivity index (χ4n) is 7.13. The molecule has 0 bridgehead atoms. The highest BCUT2D eigenvalue weighted by molar-refractivity contribution is 5.96. The Balaban J connectivity index is 1.09. The first-order valence-electron chi connectivity index (χ1n) is 16.8. The minimum absolute atomic E-state index is 0.0397. The molecular formula is C38H39N7O5. The van der Waals surface area contributed by atoms with Gasteiger partial charge in [-0.05, 0) is 54.2 Å². The Kier molecular flexibility index (Phi) is 9.09. The lowest BCUT2D eigenvalue weighted by molar-refractivity contribution is -0.143. The molecule has 0 saturated carbocycles. The average molecular weight is 674 g/mol. The summed E-state index contributed by atoms with van der Waals surface area (Å²) in [6.45, 7) is 0.365. The number of para-hydroxylation sites is 3. The van der Waals surface area contributed by atoms with Gasteiger partial charge in [-0.15, -0.1) is 0 Å². The molecule has 8 N–H and O–H groups in total. The van der Waals surface area contributed by atoms with Gasteiger partial charge in [0, 0.05) is 70.7 Å². The SMILES string of the molecule is N[C@@H](Cc1c[nH]c2ccccc12)C(=O)N1CCC[C@H]1C(=O)N[C@@H](Cc1c[nH]c2ccccc12)C(=O)N[C@@H](Cc1c[nH]c2ccccc12)C(=O)O. The number of nitrogens with one attached hydrogen (secondary N) is 5. The summed E-state index contributed by atoms with van der Waals surface area (Å²) in [5.41, 5.74) is 11.6. The van der Waals surface area contributed by atoms with Gasteiger partial charge in [0.25, 0.3) is 0 Å². The zero-order chi connectivity index (χ0) is 34.8. The molecule has 3 aromatic carbocycles. The van der Waals surface area contributed by atoms with Crippen LogP contribution >= 0.6 is 0 Å². The number of benzene rings is 3. The molecule has 1 aliphatic rings. The van der Waals surface area contributed by atoms with E-state index in [1.54, 1.807) is 12.4 Å². The van der Waals surface area contributed by atoms with Gasteiger partial charge in [0.1, 0.15) is 18.1 Å². The number of amides is 3. The van der Waals surface area contributed by atoms with Gasteiger partial charge in [-0.3, -0.25) is 14.4 Å². The molecule has 0 spiro atoms. The maximum absolute atomic E-state index is 14.0. The zero-order valence-electron chi connectivity index (χ0n) is 27.3. The number of nitrogens with zero attached hydrogens (tertiary/aromatic N) is 1. The number of rotatable bonds is 12. The van der Waals surface area contributed by atoms with Crippen LogP contribution in [0.5, 0.6) is 0 Å². The Morgan fingerprint density at radius 2 is 1.20 bits per heavy atom. The van der Waals surface area contributed by atoms with Crippen molar-refractivity contribution in [2.24, 2.45) is 5.73 Å². The first-order valence-corrected chi connectivity index (χ1v) is 16.8. The lowest BCUT2D eigenvalue weighted by atomic mass is 10.0. The van der Waals surface area contributed by atoms with Crippen LogP contribution in [0.25, 0.3) is 32.7 Å². The van der Waals surface area contributed by atoms with E-state index in [4.69, 9.17) is 5.73 Å². The zero-order valence-corrected chi connectivity index (χ0v) is 27.3. The maximum Gasteiger partial charge on any atom is 0.326 e. The Labute approximate surface area is 287 Å². The van der Waals surface area contributed by atoms with E-state index in [-0.39, 0.29) is 18.7 Å². The standard InChI is InChI=1S/C38H39N7O5/c39-28(16-22-19-40-29-11-4-1-8-25(22)29)37(48)45-15-7-14-34(45)36(47)43-32(17-23-20-41-30-12-5-2-9-26(23)30)35(46)44-33(38(49)50)18-24-21-42-31-13-6-3-10-27(24)31/h1-6,8-13,19-21,28,32-34,40-42H,7,14-18,39H2,(H,43,47)(H,44,46)(H,49,50)/t28-,32-,33-,34-/m0/s1. The topological polar surface area (TPSA) is 189 Å². The largest absolute Gasteiger partial charge is 0.480 e. The second-order valence-corrected chi connectivity index (χ2v) is 12.9. The van der Waals surface area contributed by atoms with Crippen LogP contribution in [-0.2, 0) is 38.4 Å². The number of H-pyrrole nitrogens is 3. The molecule has 3 amide bonds. The number of aromatic nitrogens is 3. The van der Waals surface area contributed by atoms with Crippen LogP contribution in [0, 0.1) is 0 Å². The van der Waals surface area contributed by atoms with E-state index in [1.807, 2.05) is 79.0 Å². The smallest absolute Gasteiger partial charge is 0.326 e. The third kappa shape index (κ3) is 6.57. The molecule has 12 nitrogen and oxygen atoms in total. The van der Waals surface area contributed by atoms with Gasteiger partial charge in [-0.1, -0.05) is 54.6 Å². The van der Waals surface area contributed by atoms with Crippen molar-refractivity contribution >= 4 is 56.4 Å². The van der Waals surface area contributed by atoms with E-state index in [0.29, 0.717) is 25.8 Å². The molecular weight excluding hydrogens is 634 g/mol. The molecule has 7 rings (SSSR count). The predicted octanol–water partition coefficient (Wildman–Crippen LogP) is 3.53. The highest BCUT2D eigenvalue weighted by Gasteiger charge is 2.38. The van der Waals surface area contributed by atoms with Crippen molar-refractivity contribution < 1.29 is 24.3 Å². The molecule has 0 unspecified atom stereocenters. The van der Waals surface area contributed by atoms with Crippen molar-refractivity contribution in [2.75, 3.05) is 6.54 Å². The van der Waals surface area contributed by atoms with Gasteiger partial charge >= 0.3 is 5.97 Å². The summed E-state index contributed by atoms with van der Waals surface area (Å²) in [6, 6.07) is 18.9. The van der Waals surface area contributed by atoms with E-state index >= 15 is 0 Å². The summed E-state index contributed by atoms with van der Waals surface area (Å²) >= 11 is 0. The van der Waals surface area contributed by atoms with Crippen LogP contribution in [0.4, 0.5) is 0 Å². The second-order valence-electron chi connectivity index (χ2n) is 12.9. The minimum atomic E-state index is -1.25. The molecule has 0 radical (unpaired) electrons. The van der Waals surface area contributed by atoms with E-state index in [1.165, 1.54) is 4.90 Å². The summed E-state index contributed by atoms with van der Waals surface area (Å²) in [5.74, 6) is -2.66. The third-order valence-electron chi connectivity index (χ3n) is 9.72. The number of carbonyl (C=O) groups is 4. The number of fused-ring (bicyclic) bond motifs is 3. The van der Waals surface area contributed by atoms with Crippen molar-refractivity contribution in [3.05, 3.63) is 108 Å². The number of aliphatic carboxylic acids is 1. The molecule has 1 saturated heterocycles. The Morgan fingerprint density at radius 1 is 0.720 bits per heavy atom. The van der Waals surface area contributed by atoms with Crippen molar-refractivity contribution in [1.82, 2.24) is 30.5 Å². The average Bonchev–Trinajstić information content (AvgIpc) is 3.94. The highest BCUT2D eigenvalue weighted by Crippen LogP contribution is 2.24. The number of nitrogens with two attached hydrogens (primary N) is 1. The number of likely N-dealkylation sites (tertiary alicyclic amines) is 1. The highest BCUT2D eigenvalue weighted by atomic mass is 16.4. The molecule has 50 heavy (non-hydrogen) atoms. The van der Waals surface area contributed by atoms with E-state index in [9.17, 15) is 24.3 Å². The molecule has 0 aliphatic carbocycles. The van der Waals surface area contributed by atoms with Crippen molar-refractivity contribution in [3.8, 4) is 0 Å². The molecule has 4 heterocycles. The van der Waals surface area contributed by atoms with Crippen molar-refractivity contribution in [1.29, 1.82) is 0 Å². The Morgan fingerprint density at radius 3 is 1.72 bits per heavy atom. The first kappa shape index (κ1) is 32.7. The maximum atomic E-state index is 14.0. The molecule has 1 aliphatic heterocycles. The minimum Gasteiger partial charge on any atom is -0.480 e. The van der Waals surface area contributed by atoms with E-state index in [2.05, 4.69) is 25.6 Å². The number of aromatic amines is 3. The molecule has 12 heteroatoms. The molecule has 256 valence electrons. The number of carboxylic acids is 1. The fourth-order valence-corrected chi connectivity index (χ4v) is 7.13. The Bertz CT molecular complexity index is 2200. The number of hydrogen-bond acceptors (Lipinski definition) is 5. The van der Waals surface area contributed by atoms with Crippen LogP contribution in [0.15, 0.2) is 91.4 Å². The van der Waals surface area contributed by atoms with E-state index < -0.39 is 42.0 Å². The van der Waals surface area contributed by atoms with Gasteiger partial charge < -0.3 is 41.3 Å². The van der Waals surface area contributed by atoms with Crippen LogP contribution in [0.2, 0.25) is 0 Å². The number of carbonyl (C=O) groups excluding carboxylic acids is 3. The summed E-state index contributed by atoms with van der Waals surface area (Å²) in [5, 5.41) is 18.5. The second kappa shape index (κ2) is 13.9. The molecule has 4 atom stereocenters. The normalized spacial score (nSPS) is 16.4. The van der Waals surface area contributed by atoms with Gasteiger partial charge in [-0.2, -0.15) is 0 Å². The van der Waals surface area contributed by atoms with Crippen LogP contribution < -0.4 is 16.4 Å². The summed E-state index contributed by atoms with van der Waals surface area (Å²) < 4.78 is 0. The molecule has 6 aromatic rings. The summed E-state index contributed by atoms with van der Waals surface area (Å²) in [6.07, 6.45) is 6.83. The molecule has 3 aromatic heterocycles. The third-order valence-corrected chi connectivity index (χ3v) is 9.72.